The second kappa shape index (κ2) is 12.0. The Kier molecular flexibility index (Phi) is 6.83. The quantitative estimate of drug-likeness (QED) is 0.162. The van der Waals surface area contributed by atoms with Gasteiger partial charge in [0, 0.05) is 31.3 Å². The van der Waals surface area contributed by atoms with Gasteiger partial charge in [0.05, 0.1) is 0 Å². The van der Waals surface area contributed by atoms with Gasteiger partial charge in [0.15, 0.2) is 0 Å². The van der Waals surface area contributed by atoms with Crippen LogP contribution in [-0.2, 0) is 0 Å². The lowest BCUT2D eigenvalue weighted by Crippen LogP contribution is -1.86. The van der Waals surface area contributed by atoms with Crippen molar-refractivity contribution in [3.05, 3.63) is 194 Å². The number of hydrogen-bond donors (Lipinski definition) is 0. The first-order valence-corrected chi connectivity index (χ1v) is 19.1. The Balaban J connectivity index is 1.21. The molecule has 0 atom stereocenters. The Morgan fingerprint density at radius 1 is 0.226 bits per heavy atom. The summed E-state index contributed by atoms with van der Waals surface area (Å²) < 4.78 is 2.64. The molecule has 0 saturated carbocycles. The van der Waals surface area contributed by atoms with Crippen LogP contribution in [0.2, 0.25) is 0 Å². The molecule has 0 N–H and O–H groups in total. The monoisotopic (exact) mass is 688 g/mol. The van der Waals surface area contributed by atoms with E-state index in [1.165, 1.54) is 108 Å². The third-order valence-electron chi connectivity index (χ3n) is 11.0. The minimum Gasteiger partial charge on any atom is -0.134 e. The minimum atomic E-state index is 1.22. The van der Waals surface area contributed by atoms with Gasteiger partial charge in [-0.3, -0.25) is 0 Å². The summed E-state index contributed by atoms with van der Waals surface area (Å²) in [6.45, 7) is 0. The van der Waals surface area contributed by atoms with Gasteiger partial charge in [0.2, 0.25) is 0 Å². The van der Waals surface area contributed by atoms with E-state index in [9.17, 15) is 0 Å². The zero-order valence-corrected chi connectivity index (χ0v) is 29.7. The van der Waals surface area contributed by atoms with Crippen LogP contribution in [0.3, 0.4) is 0 Å². The number of thiophene rings is 1. The van der Waals surface area contributed by atoms with E-state index in [2.05, 4.69) is 194 Å². The molecule has 10 aromatic carbocycles. The summed E-state index contributed by atoms with van der Waals surface area (Å²) in [5.41, 5.74) is 9.94. The maximum atomic E-state index is 2.42. The smallest absolute Gasteiger partial charge is 0.0434 e. The van der Waals surface area contributed by atoms with Crippen molar-refractivity contribution < 1.29 is 0 Å². The highest BCUT2D eigenvalue weighted by molar-refractivity contribution is 7.27. The van der Waals surface area contributed by atoms with Crippen LogP contribution in [0.5, 0.6) is 0 Å². The Morgan fingerprint density at radius 2 is 0.623 bits per heavy atom. The summed E-state index contributed by atoms with van der Waals surface area (Å²) in [5.74, 6) is 0. The molecular formula is C52H32S. The Labute approximate surface area is 311 Å². The molecule has 0 aliphatic carbocycles. The van der Waals surface area contributed by atoms with Crippen molar-refractivity contribution in [3.8, 4) is 44.5 Å². The fraction of sp³-hybridized carbons (Fsp3) is 0. The van der Waals surface area contributed by atoms with Gasteiger partial charge in [0.25, 0.3) is 0 Å². The van der Waals surface area contributed by atoms with Gasteiger partial charge < -0.3 is 0 Å². The number of benzene rings is 10. The van der Waals surface area contributed by atoms with Crippen molar-refractivity contribution >= 4 is 74.6 Å². The van der Waals surface area contributed by atoms with Gasteiger partial charge in [-0.1, -0.05) is 158 Å². The molecule has 246 valence electrons. The van der Waals surface area contributed by atoms with E-state index in [-0.39, 0.29) is 0 Å². The van der Waals surface area contributed by atoms with E-state index in [0.29, 0.717) is 0 Å². The summed E-state index contributed by atoms with van der Waals surface area (Å²) in [6.07, 6.45) is 0. The first kappa shape index (κ1) is 30.1. The van der Waals surface area contributed by atoms with E-state index in [1.807, 2.05) is 11.3 Å². The zero-order chi connectivity index (χ0) is 34.9. The van der Waals surface area contributed by atoms with Crippen LogP contribution in [-0.4, -0.2) is 0 Å². The number of fused-ring (bicyclic) bond motifs is 9. The third-order valence-corrected chi connectivity index (χ3v) is 12.3. The van der Waals surface area contributed by atoms with Crippen molar-refractivity contribution in [2.45, 2.75) is 0 Å². The van der Waals surface area contributed by atoms with Crippen LogP contribution in [0.1, 0.15) is 0 Å². The molecule has 0 fully saturated rings. The van der Waals surface area contributed by atoms with Crippen molar-refractivity contribution in [3.63, 3.8) is 0 Å². The SMILES string of the molecule is c1ccc(-c2cc(-c3ccc4c(ccc5ccccc54)c3)c3sc4c(-c5ccc6c(ccc7ccccc76)c5)cc(-c5ccccc5)cc4c3c2)cc1. The zero-order valence-electron chi connectivity index (χ0n) is 28.9. The molecule has 1 heteroatoms. The van der Waals surface area contributed by atoms with Gasteiger partial charge in [-0.05, 0) is 113 Å². The molecule has 1 heterocycles. The third kappa shape index (κ3) is 4.97. The average Bonchev–Trinajstić information content (AvgIpc) is 3.61. The molecule has 0 unspecified atom stereocenters. The van der Waals surface area contributed by atoms with Gasteiger partial charge in [-0.15, -0.1) is 11.3 Å². The van der Waals surface area contributed by atoms with E-state index >= 15 is 0 Å². The van der Waals surface area contributed by atoms with Gasteiger partial charge in [-0.25, -0.2) is 0 Å². The molecule has 0 amide bonds. The fourth-order valence-corrected chi connectivity index (χ4v) is 9.70. The van der Waals surface area contributed by atoms with Crippen LogP contribution in [0.15, 0.2) is 194 Å². The predicted octanol–water partition coefficient (Wildman–Crippen LogP) is 15.3. The van der Waals surface area contributed by atoms with Crippen LogP contribution in [0.4, 0.5) is 0 Å². The van der Waals surface area contributed by atoms with Gasteiger partial charge in [0.1, 0.15) is 0 Å². The second-order valence-corrected chi connectivity index (χ2v) is 15.1. The molecule has 11 aromatic rings. The Hall–Kier alpha value is -6.54. The van der Waals surface area contributed by atoms with Crippen LogP contribution < -0.4 is 0 Å². The average molecular weight is 689 g/mol. The van der Waals surface area contributed by atoms with E-state index in [4.69, 9.17) is 0 Å². The fourth-order valence-electron chi connectivity index (χ4n) is 8.36. The van der Waals surface area contributed by atoms with Gasteiger partial charge in [-0.2, -0.15) is 0 Å². The molecule has 0 aliphatic heterocycles. The number of rotatable bonds is 4. The molecule has 0 nitrogen and oxygen atoms in total. The molecule has 0 aliphatic rings. The molecular weight excluding hydrogens is 657 g/mol. The minimum absolute atomic E-state index is 1.22. The normalized spacial score (nSPS) is 11.8. The lowest BCUT2D eigenvalue weighted by atomic mass is 9.91. The molecule has 0 saturated heterocycles. The molecule has 0 spiro atoms. The Bertz CT molecular complexity index is 2990. The second-order valence-electron chi connectivity index (χ2n) is 14.1. The maximum absolute atomic E-state index is 2.42. The van der Waals surface area contributed by atoms with E-state index in [0.717, 1.165) is 0 Å². The van der Waals surface area contributed by atoms with E-state index < -0.39 is 0 Å². The number of hydrogen-bond acceptors (Lipinski definition) is 1. The summed E-state index contributed by atoms with van der Waals surface area (Å²) >= 11 is 1.93. The highest BCUT2D eigenvalue weighted by Crippen LogP contribution is 2.48. The van der Waals surface area contributed by atoms with Crippen LogP contribution >= 0.6 is 11.3 Å². The van der Waals surface area contributed by atoms with Crippen molar-refractivity contribution in [1.29, 1.82) is 0 Å². The van der Waals surface area contributed by atoms with Crippen molar-refractivity contribution in [2.75, 3.05) is 0 Å². The first-order valence-electron chi connectivity index (χ1n) is 18.2. The van der Waals surface area contributed by atoms with Gasteiger partial charge >= 0.3 is 0 Å². The van der Waals surface area contributed by atoms with Crippen LogP contribution in [0, 0.1) is 0 Å². The van der Waals surface area contributed by atoms with Crippen molar-refractivity contribution in [1.82, 2.24) is 0 Å². The van der Waals surface area contributed by atoms with Crippen molar-refractivity contribution in [2.24, 2.45) is 0 Å². The highest BCUT2D eigenvalue weighted by atomic mass is 32.1. The van der Waals surface area contributed by atoms with E-state index in [1.54, 1.807) is 0 Å². The molecule has 11 rings (SSSR count). The first-order chi connectivity index (χ1) is 26.2. The molecule has 0 bridgehead atoms. The largest absolute Gasteiger partial charge is 0.134 e. The topological polar surface area (TPSA) is 0 Å². The summed E-state index contributed by atoms with van der Waals surface area (Å²) in [4.78, 5) is 0. The standard InChI is InChI=1S/C52H32S/c1-3-11-33(12-4-1)41-29-47(39-23-25-45-37(27-39)21-19-35-15-7-9-17-43(35)45)51-49(31-41)50-32-42(34-13-5-2-6-14-34)30-48(52(50)53-51)40-24-26-46-38(28-40)22-20-36-16-8-10-18-44(36)46/h1-32H. The molecule has 1 aromatic heterocycles. The maximum Gasteiger partial charge on any atom is 0.0434 e. The van der Waals surface area contributed by atoms with Crippen LogP contribution in [0.25, 0.3) is 108 Å². The lowest BCUT2D eigenvalue weighted by Gasteiger charge is -2.12. The Morgan fingerprint density at radius 3 is 1.09 bits per heavy atom. The summed E-state index contributed by atoms with van der Waals surface area (Å²) in [6, 6.07) is 71.8. The highest BCUT2D eigenvalue weighted by Gasteiger charge is 2.19. The summed E-state index contributed by atoms with van der Waals surface area (Å²) in [7, 11) is 0. The lowest BCUT2D eigenvalue weighted by molar-refractivity contribution is 1.64. The molecule has 53 heavy (non-hydrogen) atoms. The summed E-state index contributed by atoms with van der Waals surface area (Å²) in [5, 5.41) is 12.8. The molecule has 0 radical (unpaired) electrons. The predicted molar refractivity (Wildman–Crippen MR) is 231 cm³/mol.